The maximum atomic E-state index is 13.0. The highest BCUT2D eigenvalue weighted by Crippen LogP contribution is 2.43. The highest BCUT2D eigenvalue weighted by molar-refractivity contribution is 5.88. The second-order valence-electron chi connectivity index (χ2n) is 8.42. The SMILES string of the molecule is CCOC(=O)C1(N(COC(C)(C)Cc2ccccc2)C(=O)OCc2ccccc2)CC1. The second-order valence-corrected chi connectivity index (χ2v) is 8.42. The van der Waals surface area contributed by atoms with Crippen molar-refractivity contribution in [2.45, 2.75) is 57.8 Å². The van der Waals surface area contributed by atoms with Gasteiger partial charge in [0.25, 0.3) is 0 Å². The van der Waals surface area contributed by atoms with E-state index < -0.39 is 23.2 Å². The van der Waals surface area contributed by atoms with Gasteiger partial charge in [-0.25, -0.2) is 9.59 Å². The van der Waals surface area contributed by atoms with Crippen molar-refractivity contribution >= 4 is 12.1 Å². The summed E-state index contributed by atoms with van der Waals surface area (Å²) in [6.07, 6.45) is 1.17. The minimum atomic E-state index is -1.01. The molecule has 0 radical (unpaired) electrons. The van der Waals surface area contributed by atoms with Crippen LogP contribution < -0.4 is 0 Å². The molecule has 0 bridgehead atoms. The Morgan fingerprint density at radius 3 is 2.06 bits per heavy atom. The lowest BCUT2D eigenvalue weighted by Crippen LogP contribution is -2.50. The molecule has 0 saturated heterocycles. The summed E-state index contributed by atoms with van der Waals surface area (Å²) >= 11 is 0. The van der Waals surface area contributed by atoms with E-state index in [1.54, 1.807) is 6.92 Å². The number of nitrogens with zero attached hydrogens (tertiary/aromatic N) is 1. The second kappa shape index (κ2) is 9.96. The lowest BCUT2D eigenvalue weighted by atomic mass is 9.98. The Morgan fingerprint density at radius 2 is 1.52 bits per heavy atom. The molecule has 0 unspecified atom stereocenters. The molecule has 2 aromatic rings. The minimum Gasteiger partial charge on any atom is -0.464 e. The van der Waals surface area contributed by atoms with E-state index in [-0.39, 0.29) is 19.9 Å². The first-order valence-electron chi connectivity index (χ1n) is 10.7. The molecule has 1 amide bonds. The summed E-state index contributed by atoms with van der Waals surface area (Å²) in [5.74, 6) is -0.406. The Balaban J connectivity index is 1.69. The van der Waals surface area contributed by atoms with Gasteiger partial charge in [-0.15, -0.1) is 0 Å². The first kappa shape index (κ1) is 22.8. The van der Waals surface area contributed by atoms with Gasteiger partial charge >= 0.3 is 12.1 Å². The zero-order valence-corrected chi connectivity index (χ0v) is 18.5. The summed E-state index contributed by atoms with van der Waals surface area (Å²) in [5.41, 5.74) is 0.468. The summed E-state index contributed by atoms with van der Waals surface area (Å²) in [6, 6.07) is 19.5. The van der Waals surface area contributed by atoms with Crippen LogP contribution in [0.2, 0.25) is 0 Å². The third kappa shape index (κ3) is 6.07. The molecule has 0 atom stereocenters. The van der Waals surface area contributed by atoms with Gasteiger partial charge in [-0.3, -0.25) is 4.90 Å². The van der Waals surface area contributed by atoms with Gasteiger partial charge in [0.15, 0.2) is 0 Å². The maximum absolute atomic E-state index is 13.0. The molecule has 3 rings (SSSR count). The molecule has 31 heavy (non-hydrogen) atoms. The van der Waals surface area contributed by atoms with Gasteiger partial charge in [0.05, 0.1) is 12.2 Å². The fourth-order valence-electron chi connectivity index (χ4n) is 3.49. The van der Waals surface area contributed by atoms with Crippen LogP contribution in [0.1, 0.15) is 44.7 Å². The van der Waals surface area contributed by atoms with Crippen molar-refractivity contribution in [3.05, 3.63) is 71.8 Å². The van der Waals surface area contributed by atoms with E-state index in [9.17, 15) is 9.59 Å². The standard InChI is InChI=1S/C25H31NO5/c1-4-29-22(27)25(15-16-25)26(23(28)30-18-21-13-9-6-10-14-21)19-31-24(2,3)17-20-11-7-5-8-12-20/h5-14H,4,15-19H2,1-3H3. The monoisotopic (exact) mass is 425 g/mol. The van der Waals surface area contributed by atoms with Crippen LogP contribution in [0.15, 0.2) is 60.7 Å². The number of rotatable bonds is 10. The molecule has 0 aromatic heterocycles. The first-order valence-corrected chi connectivity index (χ1v) is 10.7. The van der Waals surface area contributed by atoms with Crippen molar-refractivity contribution < 1.29 is 23.8 Å². The third-order valence-corrected chi connectivity index (χ3v) is 5.38. The number of esters is 1. The number of hydrogen-bond donors (Lipinski definition) is 0. The minimum absolute atomic E-state index is 0.0493. The average molecular weight is 426 g/mol. The van der Waals surface area contributed by atoms with Gasteiger partial charge in [-0.1, -0.05) is 60.7 Å². The molecule has 2 aromatic carbocycles. The topological polar surface area (TPSA) is 65.1 Å². The van der Waals surface area contributed by atoms with E-state index in [2.05, 4.69) is 0 Å². The predicted octanol–water partition coefficient (Wildman–Crippen LogP) is 4.72. The van der Waals surface area contributed by atoms with Gasteiger partial charge in [-0.2, -0.15) is 0 Å². The van der Waals surface area contributed by atoms with Crippen LogP contribution in [0, 0.1) is 0 Å². The molecule has 6 heteroatoms. The zero-order valence-electron chi connectivity index (χ0n) is 18.5. The molecule has 0 aliphatic heterocycles. The van der Waals surface area contributed by atoms with Crippen molar-refractivity contribution in [2.75, 3.05) is 13.3 Å². The molecule has 1 saturated carbocycles. The molecule has 0 heterocycles. The largest absolute Gasteiger partial charge is 0.464 e. The molecule has 0 N–H and O–H groups in total. The fraction of sp³-hybridized carbons (Fsp3) is 0.440. The summed E-state index contributed by atoms with van der Waals surface area (Å²) < 4.78 is 16.9. The Bertz CT molecular complexity index is 862. The van der Waals surface area contributed by atoms with E-state index in [0.29, 0.717) is 19.3 Å². The lowest BCUT2D eigenvalue weighted by molar-refractivity contribution is -0.156. The first-order chi connectivity index (χ1) is 14.9. The van der Waals surface area contributed by atoms with Gasteiger partial charge in [0.1, 0.15) is 18.9 Å². The Labute approximate surface area is 184 Å². The number of carbonyl (C=O) groups excluding carboxylic acids is 2. The third-order valence-electron chi connectivity index (χ3n) is 5.38. The summed E-state index contributed by atoms with van der Waals surface area (Å²) in [7, 11) is 0. The molecular weight excluding hydrogens is 394 g/mol. The molecule has 166 valence electrons. The van der Waals surface area contributed by atoms with Crippen LogP contribution in [-0.2, 0) is 32.0 Å². The van der Waals surface area contributed by atoms with Crippen LogP contribution in [0.3, 0.4) is 0 Å². The number of amides is 1. The predicted molar refractivity (Wildman–Crippen MR) is 117 cm³/mol. The van der Waals surface area contributed by atoms with Crippen molar-refractivity contribution in [3.8, 4) is 0 Å². The summed E-state index contributed by atoms with van der Waals surface area (Å²) in [4.78, 5) is 27.0. The summed E-state index contributed by atoms with van der Waals surface area (Å²) in [6.45, 7) is 6.03. The van der Waals surface area contributed by atoms with Crippen LogP contribution >= 0.6 is 0 Å². The van der Waals surface area contributed by atoms with Crippen molar-refractivity contribution in [1.82, 2.24) is 4.90 Å². The Hall–Kier alpha value is -2.86. The van der Waals surface area contributed by atoms with Crippen LogP contribution in [-0.4, -0.2) is 41.4 Å². The average Bonchev–Trinajstić information content (AvgIpc) is 3.55. The molecule has 6 nitrogen and oxygen atoms in total. The van der Waals surface area contributed by atoms with Gasteiger partial charge in [-0.05, 0) is 44.7 Å². The van der Waals surface area contributed by atoms with Crippen molar-refractivity contribution in [1.29, 1.82) is 0 Å². The molecule has 1 aliphatic rings. The van der Waals surface area contributed by atoms with E-state index in [4.69, 9.17) is 14.2 Å². The van der Waals surface area contributed by atoms with Gasteiger partial charge in [0.2, 0.25) is 0 Å². The molecule has 1 fully saturated rings. The van der Waals surface area contributed by atoms with Gasteiger partial charge in [0, 0.05) is 6.42 Å². The van der Waals surface area contributed by atoms with E-state index >= 15 is 0 Å². The highest BCUT2D eigenvalue weighted by Gasteiger charge is 2.59. The fourth-order valence-corrected chi connectivity index (χ4v) is 3.49. The zero-order chi connectivity index (χ0) is 22.3. The van der Waals surface area contributed by atoms with E-state index in [1.807, 2.05) is 74.5 Å². The van der Waals surface area contributed by atoms with Crippen LogP contribution in [0.5, 0.6) is 0 Å². The van der Waals surface area contributed by atoms with Crippen molar-refractivity contribution in [3.63, 3.8) is 0 Å². The smallest absolute Gasteiger partial charge is 0.412 e. The normalized spacial score (nSPS) is 14.5. The van der Waals surface area contributed by atoms with Crippen LogP contribution in [0.4, 0.5) is 4.79 Å². The van der Waals surface area contributed by atoms with Gasteiger partial charge < -0.3 is 14.2 Å². The van der Waals surface area contributed by atoms with E-state index in [0.717, 1.165) is 11.1 Å². The quantitative estimate of drug-likeness (QED) is 0.407. The molecule has 1 aliphatic carbocycles. The lowest BCUT2D eigenvalue weighted by Gasteiger charge is -2.33. The van der Waals surface area contributed by atoms with Crippen LogP contribution in [0.25, 0.3) is 0 Å². The van der Waals surface area contributed by atoms with Crippen molar-refractivity contribution in [2.24, 2.45) is 0 Å². The highest BCUT2D eigenvalue weighted by atomic mass is 16.6. The number of hydrogen-bond acceptors (Lipinski definition) is 5. The Kier molecular flexibility index (Phi) is 7.33. The molecule has 0 spiro atoms. The number of benzene rings is 2. The molecular formula is C25H31NO5. The Morgan fingerprint density at radius 1 is 0.935 bits per heavy atom. The van der Waals surface area contributed by atoms with E-state index in [1.165, 1.54) is 4.90 Å². The number of carbonyl (C=O) groups is 2. The maximum Gasteiger partial charge on any atom is 0.412 e. The number of ether oxygens (including phenoxy) is 3. The summed E-state index contributed by atoms with van der Waals surface area (Å²) in [5, 5.41) is 0.